The molecule has 0 bridgehead atoms. The van der Waals surface area contributed by atoms with E-state index in [4.69, 9.17) is 9.47 Å². The maximum absolute atomic E-state index is 11.7. The van der Waals surface area contributed by atoms with Gasteiger partial charge in [-0.15, -0.1) is 0 Å². The molecule has 0 saturated carbocycles. The lowest BCUT2D eigenvalue weighted by molar-refractivity contribution is 0.139. The normalized spacial score (nSPS) is 10.3. The minimum atomic E-state index is -0.492. The molecule has 0 aliphatic rings. The van der Waals surface area contributed by atoms with Gasteiger partial charge in [-0.25, -0.2) is 4.79 Å². The molecule has 0 aliphatic heterocycles. The molecule has 2 aromatic carbocycles. The molecule has 0 aromatic heterocycles. The van der Waals surface area contributed by atoms with Crippen LogP contribution in [0.15, 0.2) is 42.5 Å². The minimum absolute atomic E-state index is 0.171. The van der Waals surface area contributed by atoms with E-state index in [1.54, 1.807) is 25.3 Å². The highest BCUT2D eigenvalue weighted by Gasteiger charge is 2.06. The summed E-state index contributed by atoms with van der Waals surface area (Å²) in [4.78, 5) is 11.7. The molecular weight excluding hydrogens is 294 g/mol. The summed E-state index contributed by atoms with van der Waals surface area (Å²) in [6.07, 6.45) is -0.492. The van der Waals surface area contributed by atoms with Crippen molar-refractivity contribution in [1.29, 1.82) is 0 Å². The first kappa shape index (κ1) is 16.8. The third-order valence-electron chi connectivity index (χ3n) is 3.42. The van der Waals surface area contributed by atoms with E-state index in [1.807, 2.05) is 31.2 Å². The number of amides is 1. The van der Waals surface area contributed by atoms with Gasteiger partial charge in [-0.2, -0.15) is 0 Å². The van der Waals surface area contributed by atoms with Crippen LogP contribution in [0.5, 0.6) is 5.75 Å². The van der Waals surface area contributed by atoms with Crippen molar-refractivity contribution in [1.82, 2.24) is 5.32 Å². The predicted molar refractivity (Wildman–Crippen MR) is 87.0 cm³/mol. The number of hydrogen-bond donors (Lipinski definition) is 2. The SMILES string of the molecule is COCc1ccc(COC(=O)NCc2cccc(O)c2)c(C)c1. The molecule has 0 heterocycles. The number of phenolic OH excluding ortho intramolecular Hbond substituents is 1. The van der Waals surface area contributed by atoms with Gasteiger partial charge in [-0.3, -0.25) is 0 Å². The molecular formula is C18H21NO4. The average Bonchev–Trinajstić information content (AvgIpc) is 2.52. The first-order chi connectivity index (χ1) is 11.1. The second-order valence-electron chi connectivity index (χ2n) is 5.29. The number of benzene rings is 2. The van der Waals surface area contributed by atoms with Crippen molar-refractivity contribution < 1.29 is 19.4 Å². The molecule has 5 nitrogen and oxygen atoms in total. The zero-order chi connectivity index (χ0) is 16.7. The summed E-state index contributed by atoms with van der Waals surface area (Å²) < 4.78 is 10.3. The van der Waals surface area contributed by atoms with E-state index in [1.165, 1.54) is 0 Å². The Bertz CT molecular complexity index is 670. The number of alkyl carbamates (subject to hydrolysis) is 1. The van der Waals surface area contributed by atoms with Crippen LogP contribution in [0.1, 0.15) is 22.3 Å². The van der Waals surface area contributed by atoms with E-state index >= 15 is 0 Å². The number of aromatic hydroxyl groups is 1. The van der Waals surface area contributed by atoms with Gasteiger partial charge in [-0.1, -0.05) is 30.3 Å². The third-order valence-corrected chi connectivity index (χ3v) is 3.42. The van der Waals surface area contributed by atoms with Crippen molar-refractivity contribution >= 4 is 6.09 Å². The van der Waals surface area contributed by atoms with Gasteiger partial charge >= 0.3 is 6.09 Å². The molecule has 2 rings (SSSR count). The van der Waals surface area contributed by atoms with Gasteiger partial charge in [0.2, 0.25) is 0 Å². The van der Waals surface area contributed by atoms with Crippen molar-refractivity contribution in [3.8, 4) is 5.75 Å². The zero-order valence-corrected chi connectivity index (χ0v) is 13.3. The van der Waals surface area contributed by atoms with Crippen molar-refractivity contribution in [3.63, 3.8) is 0 Å². The highest BCUT2D eigenvalue weighted by molar-refractivity contribution is 5.67. The lowest BCUT2D eigenvalue weighted by atomic mass is 10.1. The van der Waals surface area contributed by atoms with E-state index in [-0.39, 0.29) is 12.4 Å². The molecule has 0 atom stereocenters. The molecule has 0 radical (unpaired) electrons. The van der Waals surface area contributed by atoms with Crippen LogP contribution in [-0.2, 0) is 29.2 Å². The molecule has 122 valence electrons. The maximum Gasteiger partial charge on any atom is 0.407 e. The third kappa shape index (κ3) is 5.30. The number of rotatable bonds is 6. The van der Waals surface area contributed by atoms with E-state index < -0.39 is 6.09 Å². The van der Waals surface area contributed by atoms with Crippen molar-refractivity contribution in [3.05, 3.63) is 64.7 Å². The lowest BCUT2D eigenvalue weighted by Crippen LogP contribution is -2.23. The largest absolute Gasteiger partial charge is 0.508 e. The van der Waals surface area contributed by atoms with Gasteiger partial charge in [0.15, 0.2) is 0 Å². The summed E-state index contributed by atoms with van der Waals surface area (Å²) in [5.41, 5.74) is 3.90. The lowest BCUT2D eigenvalue weighted by Gasteiger charge is -2.10. The van der Waals surface area contributed by atoms with Crippen LogP contribution in [0, 0.1) is 6.92 Å². The Morgan fingerprint density at radius 1 is 1.13 bits per heavy atom. The number of hydrogen-bond acceptors (Lipinski definition) is 4. The van der Waals surface area contributed by atoms with Gasteiger partial charge in [-0.05, 0) is 41.3 Å². The van der Waals surface area contributed by atoms with Gasteiger partial charge in [0.1, 0.15) is 12.4 Å². The molecule has 23 heavy (non-hydrogen) atoms. The fourth-order valence-corrected chi connectivity index (χ4v) is 2.21. The predicted octanol–water partition coefficient (Wildman–Crippen LogP) is 3.27. The zero-order valence-electron chi connectivity index (χ0n) is 13.3. The summed E-state index contributed by atoms with van der Waals surface area (Å²) in [5.74, 6) is 0.171. The van der Waals surface area contributed by atoms with Crippen molar-refractivity contribution in [2.24, 2.45) is 0 Å². The fraction of sp³-hybridized carbons (Fsp3) is 0.278. The topological polar surface area (TPSA) is 67.8 Å². The van der Waals surface area contributed by atoms with Crippen molar-refractivity contribution in [2.45, 2.75) is 26.7 Å². The quantitative estimate of drug-likeness (QED) is 0.858. The van der Waals surface area contributed by atoms with E-state index in [0.717, 1.165) is 22.3 Å². The number of carbonyl (C=O) groups is 1. The number of nitrogens with one attached hydrogen (secondary N) is 1. The van der Waals surface area contributed by atoms with Gasteiger partial charge in [0, 0.05) is 13.7 Å². The average molecular weight is 315 g/mol. The number of aryl methyl sites for hydroxylation is 1. The summed E-state index contributed by atoms with van der Waals surface area (Å²) in [7, 11) is 1.66. The summed E-state index contributed by atoms with van der Waals surface area (Å²) in [6.45, 7) is 3.05. The van der Waals surface area contributed by atoms with Crippen LogP contribution in [0.25, 0.3) is 0 Å². The van der Waals surface area contributed by atoms with Crippen LogP contribution >= 0.6 is 0 Å². The second-order valence-corrected chi connectivity index (χ2v) is 5.29. The van der Waals surface area contributed by atoms with Crippen LogP contribution in [0.4, 0.5) is 4.79 Å². The number of ether oxygens (including phenoxy) is 2. The van der Waals surface area contributed by atoms with E-state index in [2.05, 4.69) is 5.32 Å². The molecule has 1 amide bonds. The Labute approximate surface area is 135 Å². The van der Waals surface area contributed by atoms with Crippen LogP contribution in [0.2, 0.25) is 0 Å². The van der Waals surface area contributed by atoms with E-state index in [9.17, 15) is 9.90 Å². The molecule has 0 unspecified atom stereocenters. The van der Waals surface area contributed by atoms with Crippen LogP contribution in [-0.4, -0.2) is 18.3 Å². The van der Waals surface area contributed by atoms with Crippen molar-refractivity contribution in [2.75, 3.05) is 7.11 Å². The second kappa shape index (κ2) is 8.19. The highest BCUT2D eigenvalue weighted by atomic mass is 16.5. The van der Waals surface area contributed by atoms with Crippen LogP contribution in [0.3, 0.4) is 0 Å². The highest BCUT2D eigenvalue weighted by Crippen LogP contribution is 2.13. The Morgan fingerprint density at radius 2 is 1.96 bits per heavy atom. The Hall–Kier alpha value is -2.53. The Balaban J connectivity index is 1.82. The first-order valence-corrected chi connectivity index (χ1v) is 7.34. The van der Waals surface area contributed by atoms with Gasteiger partial charge < -0.3 is 19.9 Å². The smallest absolute Gasteiger partial charge is 0.407 e. The fourth-order valence-electron chi connectivity index (χ4n) is 2.21. The first-order valence-electron chi connectivity index (χ1n) is 7.34. The summed E-state index contributed by atoms with van der Waals surface area (Å²) in [5, 5.41) is 12.0. The number of phenols is 1. The van der Waals surface area contributed by atoms with Gasteiger partial charge in [0.25, 0.3) is 0 Å². The van der Waals surface area contributed by atoms with Gasteiger partial charge in [0.05, 0.1) is 6.61 Å². The Morgan fingerprint density at radius 3 is 2.65 bits per heavy atom. The number of methoxy groups -OCH3 is 1. The summed E-state index contributed by atoms with van der Waals surface area (Å²) >= 11 is 0. The molecule has 0 aliphatic carbocycles. The maximum atomic E-state index is 11.7. The molecule has 0 saturated heterocycles. The molecule has 2 aromatic rings. The number of carbonyl (C=O) groups excluding carboxylic acids is 1. The monoisotopic (exact) mass is 315 g/mol. The van der Waals surface area contributed by atoms with Crippen LogP contribution < -0.4 is 5.32 Å². The van der Waals surface area contributed by atoms with E-state index in [0.29, 0.717) is 13.2 Å². The standard InChI is InChI=1S/C18H21NO4/c1-13-8-15(11-22-2)6-7-16(13)12-23-18(21)19-10-14-4-3-5-17(20)9-14/h3-9,20H,10-12H2,1-2H3,(H,19,21). The summed E-state index contributed by atoms with van der Waals surface area (Å²) in [6, 6.07) is 12.6. The molecule has 5 heteroatoms. The molecule has 0 fully saturated rings. The molecule has 0 spiro atoms. The Kier molecular flexibility index (Phi) is 6.00. The minimum Gasteiger partial charge on any atom is -0.508 e. The molecule has 2 N–H and O–H groups in total.